The third-order valence-electron chi connectivity index (χ3n) is 9.68. The Hall–Kier alpha value is -3.45. The Kier molecular flexibility index (Phi) is 13.0. The molecule has 0 unspecified atom stereocenters. The second-order valence-electron chi connectivity index (χ2n) is 13.4. The van der Waals surface area contributed by atoms with Crippen molar-refractivity contribution >= 4 is 23.3 Å². The van der Waals surface area contributed by atoms with Gasteiger partial charge in [0, 0.05) is 36.6 Å². The van der Waals surface area contributed by atoms with Crippen molar-refractivity contribution in [3.63, 3.8) is 0 Å². The topological polar surface area (TPSA) is 176 Å². The highest BCUT2D eigenvalue weighted by Crippen LogP contribution is 2.53. The van der Waals surface area contributed by atoms with Crippen molar-refractivity contribution in [1.29, 1.82) is 0 Å². The van der Waals surface area contributed by atoms with Gasteiger partial charge in [-0.25, -0.2) is 4.79 Å². The number of halogens is 1. The van der Waals surface area contributed by atoms with Crippen LogP contribution in [-0.4, -0.2) is 86.8 Å². The van der Waals surface area contributed by atoms with Gasteiger partial charge in [0.1, 0.15) is 24.1 Å². The van der Waals surface area contributed by atoms with Crippen LogP contribution in [0.2, 0.25) is 5.02 Å². The Morgan fingerprint density at radius 2 is 1.72 bits per heavy atom. The predicted octanol–water partition coefficient (Wildman–Crippen LogP) is 4.23. The summed E-state index contributed by atoms with van der Waals surface area (Å²) >= 11 is 7.14. The highest BCUT2D eigenvalue weighted by Gasteiger charge is 2.47. The molecule has 1 aromatic heterocycles. The number of para-hydroxylation sites is 1. The van der Waals surface area contributed by atoms with Gasteiger partial charge in [-0.15, -0.1) is 0 Å². The summed E-state index contributed by atoms with van der Waals surface area (Å²) in [4.78, 5) is 16.8. The number of aliphatic hydroxyl groups is 5. The van der Waals surface area contributed by atoms with Gasteiger partial charge in [-0.2, -0.15) is 0 Å². The first-order valence-electron chi connectivity index (χ1n) is 17.8. The van der Waals surface area contributed by atoms with Crippen LogP contribution in [0, 0.1) is 0 Å². The normalized spacial score (nSPS) is 17.4. The molecule has 0 saturated heterocycles. The minimum absolute atomic E-state index is 0.290. The number of hydrogen-bond donors (Lipinski definition) is 8. The van der Waals surface area contributed by atoms with Gasteiger partial charge in [0.15, 0.2) is 0 Å². The van der Waals surface area contributed by atoms with E-state index >= 15 is 0 Å². The third kappa shape index (κ3) is 9.06. The van der Waals surface area contributed by atoms with Crippen LogP contribution in [0.4, 0.5) is 10.5 Å². The lowest BCUT2D eigenvalue weighted by atomic mass is 9.91. The Morgan fingerprint density at radius 1 is 0.980 bits per heavy atom. The molecule has 0 bridgehead atoms. The maximum Gasteiger partial charge on any atom is 0.314 e. The second kappa shape index (κ2) is 17.2. The molecule has 2 amide bonds. The van der Waals surface area contributed by atoms with Gasteiger partial charge < -0.3 is 46.2 Å². The van der Waals surface area contributed by atoms with E-state index in [2.05, 4.69) is 53.0 Å². The fourth-order valence-corrected chi connectivity index (χ4v) is 6.76. The lowest BCUT2D eigenvalue weighted by Crippen LogP contribution is -2.50. The fourth-order valence-electron chi connectivity index (χ4n) is 6.41. The molecule has 2 aliphatic rings. The maximum absolute atomic E-state index is 12.3. The van der Waals surface area contributed by atoms with Crippen LogP contribution in [0.15, 0.2) is 48.8 Å². The number of carbonyl (C=O) groups excluding carboxylic acids is 1. The molecule has 0 radical (unpaired) electrons. The van der Waals surface area contributed by atoms with Gasteiger partial charge in [-0.3, -0.25) is 4.98 Å². The molecule has 2 saturated carbocycles. The SMILES string of the molecule is CCc1cc(CCCCNC(=O)NC[C@H](O)[C@@H](O)[C@H](O)[C@H](O)CO)c(CC)c(NC2(c3cnccc3-c3ccccc3OC3CC3)CC2)c1Cl. The number of urea groups is 1. The van der Waals surface area contributed by atoms with Crippen LogP contribution < -0.4 is 20.7 Å². The van der Waals surface area contributed by atoms with Gasteiger partial charge in [0.2, 0.25) is 0 Å². The van der Waals surface area contributed by atoms with E-state index in [4.69, 9.17) is 21.4 Å². The number of pyridine rings is 1. The Balaban J connectivity index is 1.23. The summed E-state index contributed by atoms with van der Waals surface area (Å²) in [5.41, 5.74) is 7.50. The monoisotopic (exact) mass is 710 g/mol. The summed E-state index contributed by atoms with van der Waals surface area (Å²) < 4.78 is 6.30. The van der Waals surface area contributed by atoms with Gasteiger partial charge >= 0.3 is 6.03 Å². The summed E-state index contributed by atoms with van der Waals surface area (Å²) in [5, 5.41) is 58.0. The van der Waals surface area contributed by atoms with Gasteiger partial charge in [-0.05, 0) is 92.2 Å². The number of anilines is 1. The lowest BCUT2D eigenvalue weighted by Gasteiger charge is -2.27. The van der Waals surface area contributed by atoms with E-state index < -0.39 is 37.1 Å². The first-order valence-corrected chi connectivity index (χ1v) is 18.2. The number of ether oxygens (including phenoxy) is 1. The first-order chi connectivity index (χ1) is 24.1. The number of benzene rings is 2. The van der Waals surface area contributed by atoms with E-state index in [9.17, 15) is 25.2 Å². The quantitative estimate of drug-likeness (QED) is 0.0847. The van der Waals surface area contributed by atoms with E-state index in [0.717, 1.165) is 90.1 Å². The molecule has 2 fully saturated rings. The largest absolute Gasteiger partial charge is 0.490 e. The zero-order valence-corrected chi connectivity index (χ0v) is 29.6. The van der Waals surface area contributed by atoms with Crippen molar-refractivity contribution in [2.75, 3.05) is 25.0 Å². The number of aliphatic hydroxyl groups excluding tert-OH is 5. The summed E-state index contributed by atoms with van der Waals surface area (Å²) in [5.74, 6) is 0.902. The molecule has 0 spiro atoms. The minimum atomic E-state index is -1.75. The number of carbonyl (C=O) groups is 1. The molecule has 5 rings (SSSR count). The lowest BCUT2D eigenvalue weighted by molar-refractivity contribution is -0.113. The molecule has 11 nitrogen and oxygen atoms in total. The molecule has 0 aliphatic heterocycles. The highest BCUT2D eigenvalue weighted by atomic mass is 35.5. The van der Waals surface area contributed by atoms with Crippen LogP contribution in [0.25, 0.3) is 11.1 Å². The Labute approximate surface area is 299 Å². The summed E-state index contributed by atoms with van der Waals surface area (Å²) in [7, 11) is 0. The van der Waals surface area contributed by atoms with E-state index in [1.54, 1.807) is 0 Å². The van der Waals surface area contributed by atoms with E-state index in [1.807, 2.05) is 30.6 Å². The van der Waals surface area contributed by atoms with E-state index in [-0.39, 0.29) is 18.2 Å². The van der Waals surface area contributed by atoms with Crippen LogP contribution in [-0.2, 0) is 24.8 Å². The van der Waals surface area contributed by atoms with Gasteiger partial charge in [0.05, 0.1) is 35.1 Å². The van der Waals surface area contributed by atoms with Crippen molar-refractivity contribution in [3.8, 4) is 16.9 Å². The smallest absolute Gasteiger partial charge is 0.314 e. The number of nitrogens with zero attached hydrogens (tertiary/aromatic N) is 1. The van der Waals surface area contributed by atoms with Crippen LogP contribution in [0.1, 0.15) is 74.6 Å². The average molecular weight is 711 g/mol. The number of aromatic nitrogens is 1. The number of nitrogens with one attached hydrogen (secondary N) is 3. The van der Waals surface area contributed by atoms with Crippen molar-refractivity contribution < 1.29 is 35.1 Å². The summed E-state index contributed by atoms with van der Waals surface area (Å²) in [6, 6.07) is 12.0. The number of amides is 2. The minimum Gasteiger partial charge on any atom is -0.490 e. The van der Waals surface area contributed by atoms with Crippen molar-refractivity contribution in [3.05, 3.63) is 76.1 Å². The Bertz CT molecular complexity index is 1600. The number of hydrogen-bond acceptors (Lipinski definition) is 9. The zero-order valence-electron chi connectivity index (χ0n) is 28.9. The third-order valence-corrected chi connectivity index (χ3v) is 10.1. The number of unbranched alkanes of at least 4 members (excludes halogenated alkanes) is 1. The van der Waals surface area contributed by atoms with Crippen LogP contribution in [0.5, 0.6) is 5.75 Å². The maximum atomic E-state index is 12.3. The molecule has 2 aromatic carbocycles. The van der Waals surface area contributed by atoms with Crippen molar-refractivity contribution in [2.45, 2.75) is 108 Å². The second-order valence-corrected chi connectivity index (χ2v) is 13.8. The molecular formula is C38H51ClN4O7. The molecule has 4 atom stereocenters. The zero-order chi connectivity index (χ0) is 35.8. The molecule has 3 aromatic rings. The summed E-state index contributed by atoms with van der Waals surface area (Å²) in [6.45, 7) is 3.54. The fraction of sp³-hybridized carbons (Fsp3) is 0.526. The van der Waals surface area contributed by atoms with Gasteiger partial charge in [-0.1, -0.05) is 49.7 Å². The molecular weight excluding hydrogens is 660 g/mol. The molecule has 50 heavy (non-hydrogen) atoms. The highest BCUT2D eigenvalue weighted by molar-refractivity contribution is 6.34. The number of aryl methyl sites for hydroxylation is 2. The van der Waals surface area contributed by atoms with Crippen LogP contribution >= 0.6 is 11.6 Å². The molecule has 8 N–H and O–H groups in total. The predicted molar refractivity (Wildman–Crippen MR) is 194 cm³/mol. The molecule has 1 heterocycles. The van der Waals surface area contributed by atoms with Crippen LogP contribution in [0.3, 0.4) is 0 Å². The standard InChI is InChI=1S/C38H51ClN4O7/c1-3-23-19-24(9-7-8-17-41-37(49)42-21-30(45)35(47)36(48)31(46)22-44)26(4-2)34(33(23)39)43-38(15-16-38)29-20-40-18-14-27(29)28-10-5-6-11-32(28)50-25-12-13-25/h5-6,10-11,14,18-20,25,30-31,35-36,43-48H,3-4,7-9,12-13,15-17,21-22H2,1-2H3,(H2,41,42,49)/t30-,31+,35+,36+/m0/s1. The van der Waals surface area contributed by atoms with Crippen molar-refractivity contribution in [1.82, 2.24) is 15.6 Å². The van der Waals surface area contributed by atoms with E-state index in [1.165, 1.54) is 11.1 Å². The molecule has 272 valence electrons. The first kappa shape index (κ1) is 37.8. The summed E-state index contributed by atoms with van der Waals surface area (Å²) in [6.07, 6.45) is 5.51. The van der Waals surface area contributed by atoms with Crippen molar-refractivity contribution in [2.24, 2.45) is 0 Å². The molecule has 2 aliphatic carbocycles. The average Bonchev–Trinajstić information content (AvgIpc) is 4.08. The van der Waals surface area contributed by atoms with E-state index in [0.29, 0.717) is 13.0 Å². The van der Waals surface area contributed by atoms with Gasteiger partial charge in [0.25, 0.3) is 0 Å². The molecule has 12 heteroatoms. The Morgan fingerprint density at radius 3 is 2.40 bits per heavy atom. The number of rotatable bonds is 19.